The Hall–Kier alpha value is -0.173. The lowest BCUT2D eigenvalue weighted by Crippen LogP contribution is -2.41. The number of hydrogen-bond acceptors (Lipinski definition) is 5. The van der Waals surface area contributed by atoms with E-state index in [0.717, 1.165) is 12.5 Å². The molecule has 0 saturated heterocycles. The first-order valence-electron chi connectivity index (χ1n) is 6.16. The number of hydrogen-bond donors (Lipinski definition) is 1. The summed E-state index contributed by atoms with van der Waals surface area (Å²) in [5.74, 6) is -0.696. The molecule has 128 valence electrons. The summed E-state index contributed by atoms with van der Waals surface area (Å²) in [4.78, 5) is 0. The van der Waals surface area contributed by atoms with E-state index in [2.05, 4.69) is 0 Å². The largest absolute Gasteiger partial charge is 0.512 e. The Morgan fingerprint density at radius 3 is 2.05 bits per heavy atom. The third-order valence-corrected chi connectivity index (χ3v) is 10.2. The summed E-state index contributed by atoms with van der Waals surface area (Å²) in [5.41, 5.74) is -5.65. The third-order valence-electron chi connectivity index (χ3n) is 2.93. The maximum absolute atomic E-state index is 12.1. The van der Waals surface area contributed by atoms with Gasteiger partial charge in [0, 0.05) is 7.11 Å². The van der Waals surface area contributed by atoms with E-state index in [0.29, 0.717) is 10.2 Å². The molecule has 0 radical (unpaired) electrons. The van der Waals surface area contributed by atoms with Crippen molar-refractivity contribution in [2.24, 2.45) is 0 Å². The van der Waals surface area contributed by atoms with Crippen LogP contribution in [-0.4, -0.2) is 43.5 Å². The van der Waals surface area contributed by atoms with Crippen LogP contribution < -0.4 is 4.13 Å². The van der Waals surface area contributed by atoms with E-state index in [1.54, 1.807) is 0 Å². The first-order chi connectivity index (χ1) is 9.29. The minimum Gasteiger partial charge on any atom is -0.420 e. The van der Waals surface area contributed by atoms with Gasteiger partial charge in [0.15, 0.2) is 8.32 Å². The molecule has 0 aromatic rings. The van der Waals surface area contributed by atoms with E-state index < -0.39 is 39.6 Å². The Morgan fingerprint density at radius 2 is 1.67 bits per heavy atom. The molecule has 0 amide bonds. The summed E-state index contributed by atoms with van der Waals surface area (Å²) < 4.78 is 86.7. The van der Waals surface area contributed by atoms with E-state index >= 15 is 0 Å². The topological polar surface area (TPSA) is 89.5 Å². The lowest BCUT2D eigenvalue weighted by molar-refractivity contribution is -0.0441. The monoisotopic (exact) mass is 371 g/mol. The molecule has 0 heterocycles. The van der Waals surface area contributed by atoms with Crippen LogP contribution >= 0.6 is 0 Å². The van der Waals surface area contributed by atoms with Gasteiger partial charge < -0.3 is 4.43 Å². The lowest BCUT2D eigenvalue weighted by atomic mass is 10.6. The predicted octanol–water partition coefficient (Wildman–Crippen LogP) is 1.78. The van der Waals surface area contributed by atoms with Crippen molar-refractivity contribution in [3.8, 4) is 0 Å². The second kappa shape index (κ2) is 7.40. The van der Waals surface area contributed by atoms with Gasteiger partial charge in [0.05, 0.1) is 5.75 Å². The predicted molar refractivity (Wildman–Crippen MR) is 75.0 cm³/mol. The SMILES string of the molecule is CCC[Si](C)(CCCS(=O)(=O)NS(=O)(=O)C(F)(F)F)OC. The molecule has 6 nitrogen and oxygen atoms in total. The van der Waals surface area contributed by atoms with Gasteiger partial charge in [0.2, 0.25) is 10.0 Å². The fourth-order valence-corrected chi connectivity index (χ4v) is 7.22. The summed E-state index contributed by atoms with van der Waals surface area (Å²) >= 11 is 0. The molecule has 1 unspecified atom stereocenters. The van der Waals surface area contributed by atoms with Gasteiger partial charge in [0.25, 0.3) is 0 Å². The van der Waals surface area contributed by atoms with Crippen LogP contribution in [0.2, 0.25) is 18.6 Å². The van der Waals surface area contributed by atoms with Crippen molar-refractivity contribution in [3.05, 3.63) is 0 Å². The second-order valence-electron chi connectivity index (χ2n) is 4.86. The number of halogens is 3. The molecule has 0 aliphatic rings. The summed E-state index contributed by atoms with van der Waals surface area (Å²) in [5, 5.41) is 0. The Morgan fingerprint density at radius 1 is 1.14 bits per heavy atom. The zero-order chi connectivity index (χ0) is 16.9. The molecule has 12 heteroatoms. The highest BCUT2D eigenvalue weighted by Gasteiger charge is 2.48. The minimum atomic E-state index is -5.89. The molecule has 0 fully saturated rings. The Bertz CT molecular complexity index is 534. The molecule has 1 atom stereocenters. The highest BCUT2D eigenvalue weighted by molar-refractivity contribution is 8.05. The molecular formula is C9H20F3NO5S2Si. The summed E-state index contributed by atoms with van der Waals surface area (Å²) in [6.45, 7) is 3.83. The number of alkyl halides is 3. The molecule has 1 N–H and O–H groups in total. The van der Waals surface area contributed by atoms with Crippen molar-refractivity contribution in [3.63, 3.8) is 0 Å². The smallest absolute Gasteiger partial charge is 0.420 e. The van der Waals surface area contributed by atoms with Gasteiger partial charge in [-0.1, -0.05) is 13.3 Å². The maximum atomic E-state index is 12.1. The fraction of sp³-hybridized carbons (Fsp3) is 1.00. The van der Waals surface area contributed by atoms with Gasteiger partial charge >= 0.3 is 15.5 Å². The van der Waals surface area contributed by atoms with Crippen molar-refractivity contribution in [1.82, 2.24) is 4.13 Å². The van der Waals surface area contributed by atoms with Crippen LogP contribution in [-0.2, 0) is 24.5 Å². The highest BCUT2D eigenvalue weighted by Crippen LogP contribution is 2.23. The van der Waals surface area contributed by atoms with Gasteiger partial charge in [-0.3, -0.25) is 0 Å². The van der Waals surface area contributed by atoms with E-state index in [1.165, 1.54) is 7.11 Å². The van der Waals surface area contributed by atoms with Crippen LogP contribution in [0, 0.1) is 0 Å². The van der Waals surface area contributed by atoms with Crippen molar-refractivity contribution < 1.29 is 34.4 Å². The van der Waals surface area contributed by atoms with Gasteiger partial charge in [-0.05, 0) is 25.1 Å². The Labute approximate surface area is 124 Å². The third kappa shape index (κ3) is 7.08. The van der Waals surface area contributed by atoms with Crippen LogP contribution in [0.15, 0.2) is 0 Å². The van der Waals surface area contributed by atoms with Gasteiger partial charge in [-0.25, -0.2) is 16.8 Å². The molecule has 0 aliphatic carbocycles. The van der Waals surface area contributed by atoms with Crippen molar-refractivity contribution in [2.45, 2.75) is 43.9 Å². The average Bonchev–Trinajstić information content (AvgIpc) is 2.25. The molecule has 0 aromatic carbocycles. The lowest BCUT2D eigenvalue weighted by Gasteiger charge is -2.24. The van der Waals surface area contributed by atoms with Gasteiger partial charge in [0.1, 0.15) is 0 Å². The minimum absolute atomic E-state index is 0.0409. The molecular weight excluding hydrogens is 351 g/mol. The molecule has 0 aromatic heterocycles. The normalized spacial score (nSPS) is 16.7. The summed E-state index contributed by atoms with van der Waals surface area (Å²) in [6.07, 6.45) is 0.892. The first-order valence-corrected chi connectivity index (χ1v) is 12.1. The first kappa shape index (κ1) is 20.8. The highest BCUT2D eigenvalue weighted by atomic mass is 32.3. The zero-order valence-electron chi connectivity index (χ0n) is 12.0. The number of rotatable bonds is 9. The van der Waals surface area contributed by atoms with Crippen LogP contribution in [0.5, 0.6) is 0 Å². The maximum Gasteiger partial charge on any atom is 0.512 e. The van der Waals surface area contributed by atoms with Crippen LogP contribution in [0.4, 0.5) is 13.2 Å². The van der Waals surface area contributed by atoms with Gasteiger partial charge in [-0.15, -0.1) is 4.13 Å². The summed E-state index contributed by atoms with van der Waals surface area (Å²) in [6, 6.07) is 1.21. The molecule has 21 heavy (non-hydrogen) atoms. The zero-order valence-corrected chi connectivity index (χ0v) is 14.7. The second-order valence-corrected chi connectivity index (χ2v) is 12.9. The molecule has 0 bridgehead atoms. The van der Waals surface area contributed by atoms with Crippen LogP contribution in [0.1, 0.15) is 19.8 Å². The number of sulfonamides is 2. The van der Waals surface area contributed by atoms with Crippen LogP contribution in [0.25, 0.3) is 0 Å². The van der Waals surface area contributed by atoms with Crippen molar-refractivity contribution >= 4 is 28.4 Å². The van der Waals surface area contributed by atoms with Crippen LogP contribution in [0.3, 0.4) is 0 Å². The van der Waals surface area contributed by atoms with E-state index in [1.807, 2.05) is 13.5 Å². The number of nitrogens with one attached hydrogen (secondary N) is 1. The quantitative estimate of drug-likeness (QED) is 0.624. The summed E-state index contributed by atoms with van der Waals surface area (Å²) in [7, 11) is -11.0. The molecule has 0 aliphatic heterocycles. The van der Waals surface area contributed by atoms with E-state index in [9.17, 15) is 30.0 Å². The average molecular weight is 371 g/mol. The standard InChI is InChI=1S/C9H20F3NO5S2Si/c1-4-7-21(3,18-2)8-5-6-19(14,15)13-20(16,17)9(10,11)12/h13H,4-8H2,1-3H3. The molecule has 0 saturated carbocycles. The van der Waals surface area contributed by atoms with Crippen molar-refractivity contribution in [1.29, 1.82) is 0 Å². The fourth-order valence-electron chi connectivity index (χ4n) is 1.75. The van der Waals surface area contributed by atoms with Crippen molar-refractivity contribution in [2.75, 3.05) is 12.9 Å². The Balaban J connectivity index is 4.66. The molecule has 0 rings (SSSR count). The van der Waals surface area contributed by atoms with Gasteiger partial charge in [-0.2, -0.15) is 13.2 Å². The van der Waals surface area contributed by atoms with E-state index in [-0.39, 0.29) is 6.42 Å². The van der Waals surface area contributed by atoms with E-state index in [4.69, 9.17) is 4.43 Å². The molecule has 0 spiro atoms. The Kier molecular flexibility index (Phi) is 7.33.